The summed E-state index contributed by atoms with van der Waals surface area (Å²) in [6.45, 7) is 4.72. The van der Waals surface area contributed by atoms with Gasteiger partial charge in [0, 0.05) is 18.0 Å². The average molecular weight is 314 g/mol. The summed E-state index contributed by atoms with van der Waals surface area (Å²) in [7, 11) is 0. The number of benzene rings is 2. The van der Waals surface area contributed by atoms with Crippen molar-refractivity contribution in [3.8, 4) is 0 Å². The lowest BCUT2D eigenvalue weighted by molar-refractivity contribution is 0.706. The molecule has 2 N–H and O–H groups in total. The molecule has 0 saturated heterocycles. The van der Waals surface area contributed by atoms with E-state index in [0.717, 1.165) is 28.4 Å². The number of nitrogens with two attached hydrogens (primary N) is 1. The minimum atomic E-state index is 0.104. The molecule has 1 aliphatic rings. The molecule has 2 aromatic carbocycles. The molecule has 0 spiro atoms. The number of nitrogens with zero attached hydrogens (tertiary/aromatic N) is 2. The van der Waals surface area contributed by atoms with Crippen LogP contribution in [-0.4, -0.2) is 12.3 Å². The summed E-state index contributed by atoms with van der Waals surface area (Å²) >= 11 is 6.41. The van der Waals surface area contributed by atoms with E-state index >= 15 is 0 Å². The zero-order chi connectivity index (χ0) is 15.7. The zero-order valence-electron chi connectivity index (χ0n) is 12.9. The minimum absolute atomic E-state index is 0.104. The predicted molar refractivity (Wildman–Crippen MR) is 93.7 cm³/mol. The molecule has 0 amide bonds. The molecule has 3 rings (SSSR count). The van der Waals surface area contributed by atoms with Gasteiger partial charge >= 0.3 is 0 Å². The molecule has 2 aromatic rings. The summed E-state index contributed by atoms with van der Waals surface area (Å²) < 4.78 is 0. The van der Waals surface area contributed by atoms with Gasteiger partial charge in [0.25, 0.3) is 0 Å². The first-order valence-corrected chi connectivity index (χ1v) is 7.86. The molecule has 114 valence electrons. The Bertz CT molecular complexity index is 724. The lowest BCUT2D eigenvalue weighted by Gasteiger charge is -2.26. The van der Waals surface area contributed by atoms with Gasteiger partial charge in [0.2, 0.25) is 0 Å². The Balaban J connectivity index is 2.08. The SMILES string of the molecule is Cc1cccc(N2N=C(CN)CC2c2ccccc2Cl)c1C. The van der Waals surface area contributed by atoms with Crippen LogP contribution in [0.15, 0.2) is 47.6 Å². The van der Waals surface area contributed by atoms with Crippen LogP contribution in [0.1, 0.15) is 29.2 Å². The highest BCUT2D eigenvalue weighted by Crippen LogP contribution is 2.39. The summed E-state index contributed by atoms with van der Waals surface area (Å²) in [5, 5.41) is 7.59. The molecule has 0 aliphatic carbocycles. The third-order valence-electron chi connectivity index (χ3n) is 4.30. The van der Waals surface area contributed by atoms with Gasteiger partial charge in [0.15, 0.2) is 0 Å². The molecule has 3 nitrogen and oxygen atoms in total. The van der Waals surface area contributed by atoms with E-state index in [-0.39, 0.29) is 6.04 Å². The molecule has 4 heteroatoms. The lowest BCUT2D eigenvalue weighted by atomic mass is 10.00. The van der Waals surface area contributed by atoms with Crippen LogP contribution in [0, 0.1) is 13.8 Å². The van der Waals surface area contributed by atoms with Gasteiger partial charge in [-0.2, -0.15) is 5.10 Å². The van der Waals surface area contributed by atoms with Crippen LogP contribution >= 0.6 is 11.6 Å². The first-order valence-electron chi connectivity index (χ1n) is 7.48. The average Bonchev–Trinajstić information content (AvgIpc) is 2.94. The van der Waals surface area contributed by atoms with Crippen molar-refractivity contribution < 1.29 is 0 Å². The molecular weight excluding hydrogens is 294 g/mol. The summed E-state index contributed by atoms with van der Waals surface area (Å²) in [5.41, 5.74) is 11.5. The van der Waals surface area contributed by atoms with Crippen LogP contribution < -0.4 is 10.7 Å². The van der Waals surface area contributed by atoms with Crippen LogP contribution in [0.25, 0.3) is 0 Å². The molecule has 22 heavy (non-hydrogen) atoms. The molecule has 0 saturated carbocycles. The van der Waals surface area contributed by atoms with E-state index < -0.39 is 0 Å². The maximum atomic E-state index is 6.41. The summed E-state index contributed by atoms with van der Waals surface area (Å²) in [4.78, 5) is 0. The number of rotatable bonds is 3. The van der Waals surface area contributed by atoms with Crippen molar-refractivity contribution >= 4 is 23.0 Å². The molecule has 0 fully saturated rings. The van der Waals surface area contributed by atoms with Crippen molar-refractivity contribution in [3.05, 3.63) is 64.2 Å². The fraction of sp³-hybridized carbons (Fsp3) is 0.278. The molecule has 1 atom stereocenters. The van der Waals surface area contributed by atoms with Crippen molar-refractivity contribution in [1.82, 2.24) is 0 Å². The van der Waals surface area contributed by atoms with Gasteiger partial charge in [0.1, 0.15) is 0 Å². The maximum Gasteiger partial charge on any atom is 0.0843 e. The molecule has 1 aliphatic heterocycles. The molecule has 1 heterocycles. The van der Waals surface area contributed by atoms with Gasteiger partial charge in [-0.1, -0.05) is 41.9 Å². The predicted octanol–water partition coefficient (Wildman–Crippen LogP) is 4.22. The van der Waals surface area contributed by atoms with E-state index in [1.807, 2.05) is 18.2 Å². The topological polar surface area (TPSA) is 41.6 Å². The zero-order valence-corrected chi connectivity index (χ0v) is 13.6. The monoisotopic (exact) mass is 313 g/mol. The van der Waals surface area contributed by atoms with E-state index in [1.165, 1.54) is 11.1 Å². The van der Waals surface area contributed by atoms with Gasteiger partial charge in [-0.25, -0.2) is 0 Å². The molecule has 0 radical (unpaired) electrons. The second-order valence-electron chi connectivity index (χ2n) is 5.68. The standard InChI is InChI=1S/C18H20ClN3/c1-12-6-5-9-17(13(12)2)22-18(10-14(11-20)21-22)15-7-3-4-8-16(15)19/h3-9,18H,10-11,20H2,1-2H3. The number of halogens is 1. The van der Waals surface area contributed by atoms with Crippen molar-refractivity contribution in [1.29, 1.82) is 0 Å². The Hall–Kier alpha value is -1.84. The van der Waals surface area contributed by atoms with Gasteiger partial charge in [0.05, 0.1) is 17.4 Å². The van der Waals surface area contributed by atoms with Crippen molar-refractivity contribution in [2.24, 2.45) is 10.8 Å². The van der Waals surface area contributed by atoms with Crippen LogP contribution in [-0.2, 0) is 0 Å². The van der Waals surface area contributed by atoms with E-state index in [9.17, 15) is 0 Å². The fourth-order valence-corrected chi connectivity index (χ4v) is 3.15. The number of hydrogen-bond acceptors (Lipinski definition) is 3. The normalized spacial score (nSPS) is 17.7. The third kappa shape index (κ3) is 2.62. The number of hydrogen-bond donors (Lipinski definition) is 1. The Labute approximate surface area is 136 Å². The number of hydrazone groups is 1. The highest BCUT2D eigenvalue weighted by Gasteiger charge is 2.30. The second-order valence-corrected chi connectivity index (χ2v) is 6.08. The van der Waals surface area contributed by atoms with Crippen molar-refractivity contribution in [2.45, 2.75) is 26.3 Å². The Morgan fingerprint density at radius 3 is 2.68 bits per heavy atom. The quantitative estimate of drug-likeness (QED) is 0.921. The van der Waals surface area contributed by atoms with Crippen molar-refractivity contribution in [2.75, 3.05) is 11.6 Å². The van der Waals surface area contributed by atoms with Crippen LogP contribution in [0.2, 0.25) is 5.02 Å². The van der Waals surface area contributed by atoms with Crippen LogP contribution in [0.5, 0.6) is 0 Å². The van der Waals surface area contributed by atoms with Gasteiger partial charge in [-0.15, -0.1) is 0 Å². The largest absolute Gasteiger partial charge is 0.325 e. The number of aryl methyl sites for hydroxylation is 1. The molecular formula is C18H20ClN3. The van der Waals surface area contributed by atoms with Gasteiger partial charge in [-0.3, -0.25) is 5.01 Å². The van der Waals surface area contributed by atoms with E-state index in [1.54, 1.807) is 0 Å². The number of anilines is 1. The smallest absolute Gasteiger partial charge is 0.0843 e. The van der Waals surface area contributed by atoms with Crippen LogP contribution in [0.4, 0.5) is 5.69 Å². The summed E-state index contributed by atoms with van der Waals surface area (Å²) in [6, 6.07) is 14.4. The highest BCUT2D eigenvalue weighted by molar-refractivity contribution is 6.31. The fourth-order valence-electron chi connectivity index (χ4n) is 2.89. The summed E-state index contributed by atoms with van der Waals surface area (Å²) in [6.07, 6.45) is 0.813. The Kier molecular flexibility index (Phi) is 4.19. The molecule has 0 bridgehead atoms. The summed E-state index contributed by atoms with van der Waals surface area (Å²) in [5.74, 6) is 0. The first-order chi connectivity index (χ1) is 10.6. The van der Waals surface area contributed by atoms with Gasteiger partial charge < -0.3 is 5.73 Å². The van der Waals surface area contributed by atoms with Gasteiger partial charge in [-0.05, 0) is 42.7 Å². The molecule has 0 aromatic heterocycles. The lowest BCUT2D eigenvalue weighted by Crippen LogP contribution is -2.20. The van der Waals surface area contributed by atoms with Crippen LogP contribution in [0.3, 0.4) is 0 Å². The molecule has 1 unspecified atom stereocenters. The highest BCUT2D eigenvalue weighted by atomic mass is 35.5. The first kappa shape index (κ1) is 15.1. The van der Waals surface area contributed by atoms with Crippen molar-refractivity contribution in [3.63, 3.8) is 0 Å². The third-order valence-corrected chi connectivity index (χ3v) is 4.64. The van der Waals surface area contributed by atoms with E-state index in [4.69, 9.17) is 22.4 Å². The Morgan fingerprint density at radius 1 is 1.18 bits per heavy atom. The second kappa shape index (κ2) is 6.11. The Morgan fingerprint density at radius 2 is 1.95 bits per heavy atom. The minimum Gasteiger partial charge on any atom is -0.325 e. The van der Waals surface area contributed by atoms with E-state index in [2.05, 4.69) is 43.1 Å². The maximum absolute atomic E-state index is 6.41. The van der Waals surface area contributed by atoms with E-state index in [0.29, 0.717) is 6.54 Å².